The third-order valence-corrected chi connectivity index (χ3v) is 6.61. The Labute approximate surface area is 196 Å². The molecule has 11 heteroatoms. The first-order valence-corrected chi connectivity index (χ1v) is 11.4. The van der Waals surface area contributed by atoms with Crippen molar-refractivity contribution in [2.24, 2.45) is 0 Å². The number of hydrogen-bond donors (Lipinski definition) is 1. The first kappa shape index (κ1) is 22.1. The van der Waals surface area contributed by atoms with Crippen LogP contribution in [-0.4, -0.2) is 80.4 Å². The van der Waals surface area contributed by atoms with Gasteiger partial charge in [-0.3, -0.25) is 4.79 Å². The number of fused-ring (bicyclic) bond motifs is 8. The van der Waals surface area contributed by atoms with Crippen LogP contribution < -0.4 is 19.9 Å². The Balaban J connectivity index is 1.58. The van der Waals surface area contributed by atoms with E-state index >= 15 is 0 Å². The summed E-state index contributed by atoms with van der Waals surface area (Å²) in [4.78, 5) is 26.7. The molecule has 1 saturated heterocycles. The summed E-state index contributed by atoms with van der Waals surface area (Å²) in [5.41, 5.74) is 2.34. The first-order valence-electron chi connectivity index (χ1n) is 11.0. The molecule has 1 aromatic carbocycles. The maximum atomic E-state index is 14.8. The van der Waals surface area contributed by atoms with Crippen LogP contribution in [0.15, 0.2) is 12.1 Å². The van der Waals surface area contributed by atoms with Gasteiger partial charge in [0.15, 0.2) is 5.82 Å². The fraction of sp³-hybridized carbons (Fsp3) is 0.500. The zero-order valence-electron chi connectivity index (χ0n) is 18.6. The van der Waals surface area contributed by atoms with E-state index < -0.39 is 5.95 Å². The maximum absolute atomic E-state index is 14.8. The second kappa shape index (κ2) is 8.92. The average Bonchev–Trinajstić information content (AvgIpc) is 2.78. The fourth-order valence-corrected chi connectivity index (χ4v) is 4.69. The molecule has 1 aromatic heterocycles. The van der Waals surface area contributed by atoms with E-state index in [1.165, 1.54) is 0 Å². The Morgan fingerprint density at radius 1 is 1.18 bits per heavy atom. The molecule has 1 N–H and O–H groups in total. The Bertz CT molecular complexity index is 1090. The van der Waals surface area contributed by atoms with Crippen LogP contribution in [0, 0.1) is 5.95 Å². The first-order chi connectivity index (χ1) is 15.9. The number of rotatable bonds is 0. The molecule has 4 bridgehead atoms. The second-order valence-electron chi connectivity index (χ2n) is 8.57. The Hall–Kier alpha value is -2.69. The number of piperazine rings is 1. The number of carbonyl (C=O) groups excluding carboxylic acids is 1. The number of nitrogens with zero attached hydrogens (tertiary/aromatic N) is 5. The molecule has 1 fully saturated rings. The highest BCUT2D eigenvalue weighted by molar-refractivity contribution is 6.33. The van der Waals surface area contributed by atoms with Crippen LogP contribution in [0.25, 0.3) is 0 Å². The number of benzene rings is 1. The minimum absolute atomic E-state index is 0.0331. The molecule has 0 spiro atoms. The summed E-state index contributed by atoms with van der Waals surface area (Å²) in [7, 11) is 3.78. The molecule has 0 aliphatic carbocycles. The Morgan fingerprint density at radius 2 is 2.03 bits per heavy atom. The van der Waals surface area contributed by atoms with Crippen LogP contribution in [0.4, 0.5) is 27.5 Å². The largest absolute Gasteiger partial charge is 0.489 e. The highest BCUT2D eigenvalue weighted by Gasteiger charge is 2.30. The van der Waals surface area contributed by atoms with Gasteiger partial charge in [0, 0.05) is 44.9 Å². The summed E-state index contributed by atoms with van der Waals surface area (Å²) in [6, 6.07) is 3.64. The SMILES string of the molecule is CN1CCN2c3nc(F)c(Cl)c(n3)Nc3cc4c(c(c3)OCCOC[C@H]2C1)N(C)C(=O)CC4. The van der Waals surface area contributed by atoms with Gasteiger partial charge in [0.2, 0.25) is 17.8 Å². The number of anilines is 4. The van der Waals surface area contributed by atoms with Gasteiger partial charge in [-0.15, -0.1) is 0 Å². The van der Waals surface area contributed by atoms with Crippen LogP contribution in [-0.2, 0) is 16.0 Å². The lowest BCUT2D eigenvalue weighted by Crippen LogP contribution is -2.54. The summed E-state index contributed by atoms with van der Waals surface area (Å²) in [6.07, 6.45) is 0.994. The van der Waals surface area contributed by atoms with Crippen molar-refractivity contribution in [3.05, 3.63) is 28.7 Å². The van der Waals surface area contributed by atoms with Crippen molar-refractivity contribution in [2.45, 2.75) is 18.9 Å². The van der Waals surface area contributed by atoms with Crippen molar-refractivity contribution in [3.63, 3.8) is 0 Å². The number of hydrogen-bond acceptors (Lipinski definition) is 8. The molecule has 0 radical (unpaired) electrons. The molecular weight excluding hydrogens is 451 g/mol. The molecule has 33 heavy (non-hydrogen) atoms. The van der Waals surface area contributed by atoms with Gasteiger partial charge in [0.25, 0.3) is 0 Å². The normalized spacial score (nSPS) is 21.5. The van der Waals surface area contributed by atoms with Gasteiger partial charge in [0.05, 0.1) is 24.9 Å². The molecule has 1 amide bonds. The summed E-state index contributed by atoms with van der Waals surface area (Å²) in [5, 5.41) is 2.97. The number of ether oxygens (including phenoxy) is 2. The molecule has 0 unspecified atom stereocenters. The van der Waals surface area contributed by atoms with E-state index in [4.69, 9.17) is 21.1 Å². The van der Waals surface area contributed by atoms with E-state index in [9.17, 15) is 9.18 Å². The number of amides is 1. The quantitative estimate of drug-likeness (QED) is 0.581. The van der Waals surface area contributed by atoms with Crippen LogP contribution in [0.1, 0.15) is 12.0 Å². The van der Waals surface area contributed by atoms with Gasteiger partial charge < -0.3 is 29.5 Å². The van der Waals surface area contributed by atoms with E-state index in [1.54, 1.807) is 18.0 Å². The zero-order valence-corrected chi connectivity index (χ0v) is 19.4. The molecule has 9 nitrogen and oxygen atoms in total. The molecule has 0 saturated carbocycles. The lowest BCUT2D eigenvalue weighted by molar-refractivity contribution is -0.118. The molecule has 2 aromatic rings. The summed E-state index contributed by atoms with van der Waals surface area (Å²) >= 11 is 6.25. The van der Waals surface area contributed by atoms with Crippen molar-refractivity contribution >= 4 is 40.6 Å². The third kappa shape index (κ3) is 4.30. The van der Waals surface area contributed by atoms with Crippen molar-refractivity contribution < 1.29 is 18.7 Å². The summed E-state index contributed by atoms with van der Waals surface area (Å²) in [5.74, 6) is 0.260. The fourth-order valence-electron chi connectivity index (χ4n) is 4.56. The zero-order chi connectivity index (χ0) is 23.1. The lowest BCUT2D eigenvalue weighted by Gasteiger charge is -2.40. The van der Waals surface area contributed by atoms with Crippen LogP contribution in [0.3, 0.4) is 0 Å². The third-order valence-electron chi connectivity index (χ3n) is 6.27. The van der Waals surface area contributed by atoms with Crippen molar-refractivity contribution in [2.75, 3.05) is 68.7 Å². The number of halogens is 2. The van der Waals surface area contributed by atoms with E-state index in [2.05, 4.69) is 20.2 Å². The molecule has 3 aliphatic rings. The minimum atomic E-state index is -0.783. The van der Waals surface area contributed by atoms with Crippen LogP contribution in [0.2, 0.25) is 5.02 Å². The average molecular weight is 477 g/mol. The van der Waals surface area contributed by atoms with E-state index in [-0.39, 0.29) is 28.7 Å². The Morgan fingerprint density at radius 3 is 2.88 bits per heavy atom. The van der Waals surface area contributed by atoms with Crippen molar-refractivity contribution in [1.82, 2.24) is 14.9 Å². The maximum Gasteiger partial charge on any atom is 0.238 e. The highest BCUT2D eigenvalue weighted by atomic mass is 35.5. The molecule has 4 heterocycles. The molecular formula is C22H26ClFN6O3. The van der Waals surface area contributed by atoms with Gasteiger partial charge in [-0.05, 0) is 25.1 Å². The summed E-state index contributed by atoms with van der Waals surface area (Å²) < 4.78 is 26.7. The van der Waals surface area contributed by atoms with Crippen LogP contribution in [0.5, 0.6) is 5.75 Å². The number of carbonyl (C=O) groups is 1. The topological polar surface area (TPSA) is 83.1 Å². The smallest absolute Gasteiger partial charge is 0.238 e. The molecule has 3 aliphatic heterocycles. The van der Waals surface area contributed by atoms with E-state index in [0.29, 0.717) is 50.6 Å². The molecule has 5 rings (SSSR count). The number of nitrogens with one attached hydrogen (secondary N) is 1. The standard InChI is InChI=1S/C22H26ClFN6O3/c1-28-5-6-30-15(11-28)12-32-7-8-33-16-10-14(9-13-3-4-17(31)29(2)19(13)16)25-21-18(23)20(24)26-22(30)27-21/h9-10,15H,3-8,11-12H2,1-2H3,(H,25,26,27)/t15-/m1/s1. The molecule has 1 atom stereocenters. The van der Waals surface area contributed by atoms with E-state index in [0.717, 1.165) is 24.3 Å². The van der Waals surface area contributed by atoms with Gasteiger partial charge in [0.1, 0.15) is 17.4 Å². The highest BCUT2D eigenvalue weighted by Crippen LogP contribution is 2.40. The van der Waals surface area contributed by atoms with Crippen LogP contribution >= 0.6 is 11.6 Å². The number of aryl methyl sites for hydroxylation is 1. The minimum Gasteiger partial charge on any atom is -0.489 e. The molecule has 176 valence electrons. The number of likely N-dealkylation sites (N-methyl/N-ethyl adjacent to an activating group) is 1. The predicted molar refractivity (Wildman–Crippen MR) is 123 cm³/mol. The van der Waals surface area contributed by atoms with Crippen molar-refractivity contribution in [1.29, 1.82) is 0 Å². The monoisotopic (exact) mass is 476 g/mol. The van der Waals surface area contributed by atoms with Gasteiger partial charge in [-0.1, -0.05) is 11.6 Å². The predicted octanol–water partition coefficient (Wildman–Crippen LogP) is 2.45. The van der Waals surface area contributed by atoms with Crippen molar-refractivity contribution in [3.8, 4) is 5.75 Å². The summed E-state index contributed by atoms with van der Waals surface area (Å²) in [6.45, 7) is 3.30. The number of aromatic nitrogens is 2. The van der Waals surface area contributed by atoms with Gasteiger partial charge >= 0.3 is 0 Å². The van der Waals surface area contributed by atoms with Gasteiger partial charge in [-0.2, -0.15) is 14.4 Å². The van der Waals surface area contributed by atoms with E-state index in [1.807, 2.05) is 18.0 Å². The second-order valence-corrected chi connectivity index (χ2v) is 8.95. The Kier molecular flexibility index (Phi) is 5.98. The van der Waals surface area contributed by atoms with Gasteiger partial charge in [-0.25, -0.2) is 0 Å². The lowest BCUT2D eigenvalue weighted by atomic mass is 10.00.